The molecule has 0 saturated heterocycles. The predicted molar refractivity (Wildman–Crippen MR) is 106 cm³/mol. The number of aliphatic hydroxyl groups excluding tert-OH is 1. The number of alkyl halides is 3. The third kappa shape index (κ3) is 5.26. The fourth-order valence-corrected chi connectivity index (χ4v) is 4.02. The van der Waals surface area contributed by atoms with Crippen molar-refractivity contribution in [1.82, 2.24) is 9.88 Å². The van der Waals surface area contributed by atoms with Gasteiger partial charge in [-0.3, -0.25) is 4.90 Å². The first-order chi connectivity index (χ1) is 13.9. The molecule has 1 N–H and O–H groups in total. The van der Waals surface area contributed by atoms with Gasteiger partial charge < -0.3 is 9.84 Å². The van der Waals surface area contributed by atoms with E-state index in [4.69, 9.17) is 4.74 Å². The first-order valence-electron chi connectivity index (χ1n) is 9.50. The Morgan fingerprint density at radius 2 is 1.86 bits per heavy atom. The monoisotopic (exact) mass is 422 g/mol. The number of para-hydroxylation sites is 1. The lowest BCUT2D eigenvalue weighted by molar-refractivity contribution is -0.208. The van der Waals surface area contributed by atoms with Crippen LogP contribution in [0.15, 0.2) is 48.5 Å². The van der Waals surface area contributed by atoms with Gasteiger partial charge in [-0.05, 0) is 49.1 Å². The molecule has 1 aromatic heterocycles. The van der Waals surface area contributed by atoms with Crippen molar-refractivity contribution in [3.05, 3.63) is 54.1 Å². The maximum absolute atomic E-state index is 12.7. The van der Waals surface area contributed by atoms with Crippen molar-refractivity contribution >= 4 is 21.6 Å². The van der Waals surface area contributed by atoms with Crippen LogP contribution in [0.4, 0.5) is 13.2 Å². The molecule has 0 aliphatic heterocycles. The van der Waals surface area contributed by atoms with Gasteiger partial charge >= 0.3 is 6.18 Å². The number of nitrogens with zero attached hydrogens (tertiary/aromatic N) is 2. The maximum atomic E-state index is 12.7. The second kappa shape index (κ2) is 8.30. The van der Waals surface area contributed by atoms with Gasteiger partial charge in [0.15, 0.2) is 6.10 Å². The number of rotatable bonds is 8. The molecule has 1 saturated carbocycles. The maximum Gasteiger partial charge on any atom is 0.415 e. The number of fused-ring (bicyclic) bond motifs is 1. The molecule has 0 spiro atoms. The molecular formula is C21H21F3N2O2S. The van der Waals surface area contributed by atoms with E-state index in [0.717, 1.165) is 28.6 Å². The van der Waals surface area contributed by atoms with Gasteiger partial charge in [-0.2, -0.15) is 13.2 Å². The van der Waals surface area contributed by atoms with Crippen LogP contribution in [-0.4, -0.2) is 46.4 Å². The fraction of sp³-hybridized carbons (Fsp3) is 0.381. The highest BCUT2D eigenvalue weighted by molar-refractivity contribution is 7.20. The standard InChI is InChI=1S/C21H21F3N2O2S/c22-21(23,24)19(27)13-26(15-7-8-15)12-11-14-5-9-16(10-6-14)28-20-25-17-3-1-2-4-18(17)29-20/h1-6,9-10,15,19,27H,7-8,11-13H2. The molecule has 4 nitrogen and oxygen atoms in total. The molecule has 0 bridgehead atoms. The minimum absolute atomic E-state index is 0.147. The Labute approximate surface area is 170 Å². The zero-order chi connectivity index (χ0) is 20.4. The first kappa shape index (κ1) is 20.1. The van der Waals surface area contributed by atoms with Crippen molar-refractivity contribution in [2.45, 2.75) is 37.6 Å². The second-order valence-corrected chi connectivity index (χ2v) is 8.22. The lowest BCUT2D eigenvalue weighted by Gasteiger charge is -2.26. The summed E-state index contributed by atoms with van der Waals surface area (Å²) in [5, 5.41) is 9.94. The highest BCUT2D eigenvalue weighted by atomic mass is 32.1. The van der Waals surface area contributed by atoms with E-state index in [9.17, 15) is 18.3 Å². The summed E-state index contributed by atoms with van der Waals surface area (Å²) in [6, 6.07) is 15.5. The molecule has 3 aromatic rings. The number of halogens is 3. The summed E-state index contributed by atoms with van der Waals surface area (Å²) in [6.45, 7) is 0.114. The van der Waals surface area contributed by atoms with E-state index in [2.05, 4.69) is 4.98 Å². The van der Waals surface area contributed by atoms with Crippen molar-refractivity contribution in [3.8, 4) is 10.9 Å². The van der Waals surface area contributed by atoms with Gasteiger partial charge in [0.1, 0.15) is 5.75 Å². The van der Waals surface area contributed by atoms with Crippen LogP contribution in [0.5, 0.6) is 10.9 Å². The molecule has 1 aliphatic carbocycles. The molecule has 1 fully saturated rings. The van der Waals surface area contributed by atoms with E-state index in [1.165, 1.54) is 11.3 Å². The van der Waals surface area contributed by atoms with Crippen molar-refractivity contribution in [2.75, 3.05) is 13.1 Å². The van der Waals surface area contributed by atoms with E-state index < -0.39 is 12.3 Å². The summed E-state index contributed by atoms with van der Waals surface area (Å²) in [4.78, 5) is 6.18. The van der Waals surface area contributed by atoms with E-state index in [-0.39, 0.29) is 12.6 Å². The molecule has 1 atom stereocenters. The molecule has 0 radical (unpaired) electrons. The minimum Gasteiger partial charge on any atom is -0.431 e. The van der Waals surface area contributed by atoms with Crippen molar-refractivity contribution in [1.29, 1.82) is 0 Å². The summed E-state index contributed by atoms with van der Waals surface area (Å²) in [5.41, 5.74) is 1.90. The van der Waals surface area contributed by atoms with Crippen LogP contribution < -0.4 is 4.74 Å². The van der Waals surface area contributed by atoms with Crippen molar-refractivity contribution in [3.63, 3.8) is 0 Å². The third-order valence-corrected chi connectivity index (χ3v) is 5.85. The normalized spacial score (nSPS) is 15.8. The third-order valence-electron chi connectivity index (χ3n) is 4.94. The Morgan fingerprint density at radius 3 is 2.52 bits per heavy atom. The van der Waals surface area contributed by atoms with E-state index in [1.807, 2.05) is 48.5 Å². The molecule has 1 aliphatic rings. The average molecular weight is 422 g/mol. The zero-order valence-electron chi connectivity index (χ0n) is 15.6. The summed E-state index contributed by atoms with van der Waals surface area (Å²) in [5.74, 6) is 0.666. The van der Waals surface area contributed by atoms with Gasteiger partial charge in [0, 0.05) is 19.1 Å². The highest BCUT2D eigenvalue weighted by Crippen LogP contribution is 2.32. The number of aliphatic hydroxyl groups is 1. The zero-order valence-corrected chi connectivity index (χ0v) is 16.4. The van der Waals surface area contributed by atoms with Gasteiger partial charge in [0.05, 0.1) is 10.2 Å². The van der Waals surface area contributed by atoms with Crippen LogP contribution in [0.1, 0.15) is 18.4 Å². The quantitative estimate of drug-likeness (QED) is 0.554. The Hall–Kier alpha value is -2.16. The molecule has 154 valence electrons. The summed E-state index contributed by atoms with van der Waals surface area (Å²) in [7, 11) is 0. The van der Waals surface area contributed by atoms with Crippen molar-refractivity contribution < 1.29 is 23.0 Å². The molecule has 1 heterocycles. The van der Waals surface area contributed by atoms with E-state index in [1.54, 1.807) is 4.90 Å². The number of thiazole rings is 1. The van der Waals surface area contributed by atoms with Crippen molar-refractivity contribution in [2.24, 2.45) is 0 Å². The Bertz CT molecular complexity index is 921. The Morgan fingerprint density at radius 1 is 1.14 bits per heavy atom. The summed E-state index contributed by atoms with van der Waals surface area (Å²) in [6.07, 6.45) is -4.48. The van der Waals surface area contributed by atoms with Crippen LogP contribution in [0.2, 0.25) is 0 Å². The van der Waals surface area contributed by atoms with Crippen LogP contribution in [-0.2, 0) is 6.42 Å². The lowest BCUT2D eigenvalue weighted by Crippen LogP contribution is -2.42. The van der Waals surface area contributed by atoms with Gasteiger partial charge in [-0.25, -0.2) is 4.98 Å². The van der Waals surface area contributed by atoms with Crippen LogP contribution in [0.25, 0.3) is 10.2 Å². The summed E-state index contributed by atoms with van der Waals surface area (Å²) >= 11 is 1.47. The largest absolute Gasteiger partial charge is 0.431 e. The molecule has 2 aromatic carbocycles. The SMILES string of the molecule is OC(CN(CCc1ccc(Oc2nc3ccccc3s2)cc1)C1CC1)C(F)(F)F. The Kier molecular flexibility index (Phi) is 5.76. The van der Waals surface area contributed by atoms with Gasteiger partial charge in [-0.15, -0.1) is 0 Å². The number of hydrogen-bond acceptors (Lipinski definition) is 5. The minimum atomic E-state index is -4.58. The van der Waals surface area contributed by atoms with Gasteiger partial charge in [-0.1, -0.05) is 35.6 Å². The number of benzene rings is 2. The number of aromatic nitrogens is 1. The molecule has 29 heavy (non-hydrogen) atoms. The summed E-state index contributed by atoms with van der Waals surface area (Å²) < 4.78 is 44.8. The lowest BCUT2D eigenvalue weighted by atomic mass is 10.1. The molecule has 0 amide bonds. The van der Waals surface area contributed by atoms with E-state index in [0.29, 0.717) is 23.9 Å². The predicted octanol–water partition coefficient (Wildman–Crippen LogP) is 5.02. The highest BCUT2D eigenvalue weighted by Gasteiger charge is 2.41. The fourth-order valence-electron chi connectivity index (χ4n) is 3.18. The number of hydrogen-bond donors (Lipinski definition) is 1. The topological polar surface area (TPSA) is 45.6 Å². The molecule has 1 unspecified atom stereocenters. The molecule has 4 rings (SSSR count). The van der Waals surface area contributed by atoms with E-state index >= 15 is 0 Å². The molecule has 8 heteroatoms. The van der Waals surface area contributed by atoms with Crippen LogP contribution >= 0.6 is 11.3 Å². The van der Waals surface area contributed by atoms with Crippen LogP contribution in [0.3, 0.4) is 0 Å². The first-order valence-corrected chi connectivity index (χ1v) is 10.3. The van der Waals surface area contributed by atoms with Gasteiger partial charge in [0.2, 0.25) is 0 Å². The Balaban J connectivity index is 1.33. The number of ether oxygens (including phenoxy) is 1. The van der Waals surface area contributed by atoms with Crippen LogP contribution in [0, 0.1) is 0 Å². The average Bonchev–Trinajstić information content (AvgIpc) is 3.45. The van der Waals surface area contributed by atoms with Gasteiger partial charge in [0.25, 0.3) is 5.19 Å². The molecular weight excluding hydrogens is 401 g/mol. The smallest absolute Gasteiger partial charge is 0.415 e. The second-order valence-electron chi connectivity index (χ2n) is 7.23.